The summed E-state index contributed by atoms with van der Waals surface area (Å²) in [5, 5.41) is 12.0. The molecule has 2 aromatic carbocycles. The molecule has 0 saturated heterocycles. The van der Waals surface area contributed by atoms with Crippen LogP contribution >= 0.6 is 11.6 Å². The molecular formula is C19H20ClNO5. The van der Waals surface area contributed by atoms with Crippen molar-refractivity contribution < 1.29 is 24.2 Å². The Morgan fingerprint density at radius 3 is 2.35 bits per heavy atom. The zero-order valence-electron chi connectivity index (χ0n) is 14.5. The standard InChI is InChI=1S/C19H20ClNO5/c1-12-6-16(7-13(2)19(12)20)25-10-17(22)21-9-14-4-3-5-15(8-14)26-11-18(23)24/h3-8H,9-11H2,1-2H3,(H,21,22)(H,23,24). The number of benzene rings is 2. The molecule has 0 saturated carbocycles. The Labute approximate surface area is 156 Å². The fourth-order valence-corrected chi connectivity index (χ4v) is 2.39. The van der Waals surface area contributed by atoms with Crippen LogP contribution in [0.3, 0.4) is 0 Å². The highest BCUT2D eigenvalue weighted by Gasteiger charge is 2.07. The molecule has 0 unspecified atom stereocenters. The van der Waals surface area contributed by atoms with Crippen LogP contribution in [0.1, 0.15) is 16.7 Å². The van der Waals surface area contributed by atoms with Crippen LogP contribution in [0.4, 0.5) is 0 Å². The molecule has 2 N–H and O–H groups in total. The molecule has 0 spiro atoms. The van der Waals surface area contributed by atoms with E-state index in [9.17, 15) is 9.59 Å². The van der Waals surface area contributed by atoms with Gasteiger partial charge in [0.15, 0.2) is 13.2 Å². The number of carbonyl (C=O) groups is 2. The van der Waals surface area contributed by atoms with Crippen LogP contribution in [0.25, 0.3) is 0 Å². The van der Waals surface area contributed by atoms with Gasteiger partial charge in [0.25, 0.3) is 5.91 Å². The summed E-state index contributed by atoms with van der Waals surface area (Å²) in [5.41, 5.74) is 2.57. The summed E-state index contributed by atoms with van der Waals surface area (Å²) in [6.45, 7) is 3.51. The molecule has 1 amide bonds. The Bertz CT molecular complexity index is 783. The number of hydrogen-bond acceptors (Lipinski definition) is 4. The van der Waals surface area contributed by atoms with E-state index in [1.54, 1.807) is 36.4 Å². The van der Waals surface area contributed by atoms with E-state index in [4.69, 9.17) is 26.2 Å². The number of hydrogen-bond donors (Lipinski definition) is 2. The van der Waals surface area contributed by atoms with Crippen molar-refractivity contribution in [2.75, 3.05) is 13.2 Å². The number of ether oxygens (including phenoxy) is 2. The first-order chi connectivity index (χ1) is 12.3. The molecule has 2 rings (SSSR count). The van der Waals surface area contributed by atoms with Crippen LogP contribution in [-0.2, 0) is 16.1 Å². The molecule has 0 aromatic heterocycles. The molecule has 0 heterocycles. The van der Waals surface area contributed by atoms with Gasteiger partial charge in [0.1, 0.15) is 11.5 Å². The first kappa shape index (κ1) is 19.6. The first-order valence-corrected chi connectivity index (χ1v) is 8.32. The Kier molecular flexibility index (Phi) is 6.86. The van der Waals surface area contributed by atoms with Gasteiger partial charge in [-0.25, -0.2) is 4.79 Å². The van der Waals surface area contributed by atoms with Crippen molar-refractivity contribution in [2.45, 2.75) is 20.4 Å². The van der Waals surface area contributed by atoms with E-state index in [1.165, 1.54) is 0 Å². The molecular weight excluding hydrogens is 358 g/mol. The predicted molar refractivity (Wildman–Crippen MR) is 97.8 cm³/mol. The molecule has 2 aromatic rings. The predicted octanol–water partition coefficient (Wildman–Crippen LogP) is 3.12. The van der Waals surface area contributed by atoms with Crippen molar-refractivity contribution in [1.29, 1.82) is 0 Å². The van der Waals surface area contributed by atoms with E-state index in [2.05, 4.69) is 5.32 Å². The average molecular weight is 378 g/mol. The fraction of sp³-hybridized carbons (Fsp3) is 0.263. The van der Waals surface area contributed by atoms with Gasteiger partial charge in [-0.3, -0.25) is 4.79 Å². The number of carboxylic acid groups (broad SMARTS) is 1. The third kappa shape index (κ3) is 5.97. The number of nitrogens with one attached hydrogen (secondary N) is 1. The normalized spacial score (nSPS) is 10.3. The molecule has 0 radical (unpaired) electrons. The maximum absolute atomic E-state index is 12.0. The number of aryl methyl sites for hydroxylation is 2. The number of amides is 1. The van der Waals surface area contributed by atoms with E-state index in [0.717, 1.165) is 16.7 Å². The van der Waals surface area contributed by atoms with Crippen LogP contribution in [0.15, 0.2) is 36.4 Å². The summed E-state index contributed by atoms with van der Waals surface area (Å²) < 4.78 is 10.6. The third-order valence-corrected chi connectivity index (χ3v) is 4.13. The minimum atomic E-state index is -1.05. The van der Waals surface area contributed by atoms with E-state index in [1.807, 2.05) is 13.8 Å². The molecule has 0 aliphatic rings. The number of carbonyl (C=O) groups excluding carboxylic acids is 1. The van der Waals surface area contributed by atoms with Gasteiger partial charge in [0.2, 0.25) is 0 Å². The highest BCUT2D eigenvalue weighted by Crippen LogP contribution is 2.25. The van der Waals surface area contributed by atoms with Crippen LogP contribution < -0.4 is 14.8 Å². The lowest BCUT2D eigenvalue weighted by Crippen LogP contribution is -2.28. The largest absolute Gasteiger partial charge is 0.484 e. The van der Waals surface area contributed by atoms with Gasteiger partial charge in [0, 0.05) is 11.6 Å². The van der Waals surface area contributed by atoms with Crippen LogP contribution in [-0.4, -0.2) is 30.2 Å². The second-order valence-corrected chi connectivity index (χ2v) is 6.14. The van der Waals surface area contributed by atoms with Crippen molar-refractivity contribution >= 4 is 23.5 Å². The lowest BCUT2D eigenvalue weighted by molar-refractivity contribution is -0.139. The number of carboxylic acids is 1. The van der Waals surface area contributed by atoms with E-state index < -0.39 is 12.6 Å². The summed E-state index contributed by atoms with van der Waals surface area (Å²) in [6, 6.07) is 10.4. The molecule has 0 fully saturated rings. The Morgan fingerprint density at radius 1 is 1.04 bits per heavy atom. The number of aliphatic carboxylic acids is 1. The van der Waals surface area contributed by atoms with Crippen LogP contribution in [0, 0.1) is 13.8 Å². The number of rotatable bonds is 8. The van der Waals surface area contributed by atoms with Crippen molar-refractivity contribution in [2.24, 2.45) is 0 Å². The van der Waals surface area contributed by atoms with Crippen molar-refractivity contribution in [3.8, 4) is 11.5 Å². The Morgan fingerprint density at radius 2 is 1.69 bits per heavy atom. The zero-order valence-corrected chi connectivity index (χ0v) is 15.3. The first-order valence-electron chi connectivity index (χ1n) is 7.95. The quantitative estimate of drug-likeness (QED) is 0.738. The van der Waals surface area contributed by atoms with Crippen molar-refractivity contribution in [3.63, 3.8) is 0 Å². The van der Waals surface area contributed by atoms with Gasteiger partial charge in [0.05, 0.1) is 0 Å². The lowest BCUT2D eigenvalue weighted by atomic mass is 10.1. The average Bonchev–Trinajstić information content (AvgIpc) is 2.61. The summed E-state index contributed by atoms with van der Waals surface area (Å²) in [5.74, 6) is -0.299. The van der Waals surface area contributed by atoms with Crippen LogP contribution in [0.5, 0.6) is 11.5 Å². The molecule has 0 aliphatic heterocycles. The maximum Gasteiger partial charge on any atom is 0.341 e. The Balaban J connectivity index is 1.83. The summed E-state index contributed by atoms with van der Waals surface area (Å²) in [6.07, 6.45) is 0. The minimum absolute atomic E-state index is 0.115. The smallest absolute Gasteiger partial charge is 0.341 e. The van der Waals surface area contributed by atoms with Gasteiger partial charge in [-0.15, -0.1) is 0 Å². The molecule has 138 valence electrons. The highest BCUT2D eigenvalue weighted by atomic mass is 35.5. The highest BCUT2D eigenvalue weighted by molar-refractivity contribution is 6.32. The summed E-state index contributed by atoms with van der Waals surface area (Å²) in [7, 11) is 0. The van der Waals surface area contributed by atoms with Gasteiger partial charge in [-0.1, -0.05) is 23.7 Å². The van der Waals surface area contributed by atoms with Crippen molar-refractivity contribution in [1.82, 2.24) is 5.32 Å². The summed E-state index contributed by atoms with van der Waals surface area (Å²) in [4.78, 5) is 22.5. The molecule has 0 atom stereocenters. The third-order valence-electron chi connectivity index (χ3n) is 3.53. The van der Waals surface area contributed by atoms with E-state index >= 15 is 0 Å². The minimum Gasteiger partial charge on any atom is -0.484 e. The SMILES string of the molecule is Cc1cc(OCC(=O)NCc2cccc(OCC(=O)O)c2)cc(C)c1Cl. The maximum atomic E-state index is 12.0. The second-order valence-electron chi connectivity index (χ2n) is 5.77. The zero-order chi connectivity index (χ0) is 19.1. The van der Waals surface area contributed by atoms with Gasteiger partial charge in [-0.2, -0.15) is 0 Å². The van der Waals surface area contributed by atoms with Gasteiger partial charge < -0.3 is 19.9 Å². The lowest BCUT2D eigenvalue weighted by Gasteiger charge is -2.11. The second kappa shape index (κ2) is 9.10. The van der Waals surface area contributed by atoms with Gasteiger partial charge in [-0.05, 0) is 54.8 Å². The molecule has 0 bridgehead atoms. The number of halogens is 1. The summed E-state index contributed by atoms with van der Waals surface area (Å²) >= 11 is 6.10. The van der Waals surface area contributed by atoms with E-state index in [0.29, 0.717) is 16.5 Å². The molecule has 0 aliphatic carbocycles. The van der Waals surface area contributed by atoms with Gasteiger partial charge >= 0.3 is 5.97 Å². The van der Waals surface area contributed by atoms with Crippen molar-refractivity contribution in [3.05, 3.63) is 58.1 Å². The molecule has 7 heteroatoms. The Hall–Kier alpha value is -2.73. The van der Waals surface area contributed by atoms with E-state index in [-0.39, 0.29) is 19.1 Å². The topological polar surface area (TPSA) is 84.9 Å². The monoisotopic (exact) mass is 377 g/mol. The fourth-order valence-electron chi connectivity index (χ4n) is 2.28. The molecule has 6 nitrogen and oxygen atoms in total. The van der Waals surface area contributed by atoms with Crippen LogP contribution in [0.2, 0.25) is 5.02 Å². The molecule has 26 heavy (non-hydrogen) atoms.